The summed E-state index contributed by atoms with van der Waals surface area (Å²) in [6, 6.07) is 12.3. The van der Waals surface area contributed by atoms with Crippen molar-refractivity contribution in [2.45, 2.75) is 18.7 Å². The number of aryl methyl sites for hydroxylation is 1. The number of methoxy groups -OCH3 is 1. The van der Waals surface area contributed by atoms with Crippen molar-refractivity contribution in [3.63, 3.8) is 0 Å². The Labute approximate surface area is 171 Å². The van der Waals surface area contributed by atoms with Crippen LogP contribution in [0.1, 0.15) is 11.1 Å². The van der Waals surface area contributed by atoms with E-state index < -0.39 is 16.0 Å². The van der Waals surface area contributed by atoms with Gasteiger partial charge in [-0.1, -0.05) is 12.1 Å². The lowest BCUT2D eigenvalue weighted by Gasteiger charge is -2.36. The summed E-state index contributed by atoms with van der Waals surface area (Å²) in [7, 11) is -2.30. The molecule has 0 unspecified atom stereocenters. The van der Waals surface area contributed by atoms with Crippen molar-refractivity contribution in [1.29, 1.82) is 0 Å². The van der Waals surface area contributed by atoms with E-state index in [1.807, 2.05) is 6.07 Å². The highest BCUT2D eigenvalue weighted by atomic mass is 32.2. The minimum Gasteiger partial charge on any atom is -0.482 e. The Morgan fingerprint density at radius 1 is 1.00 bits per heavy atom. The van der Waals surface area contributed by atoms with E-state index in [9.17, 15) is 13.2 Å². The molecule has 0 bridgehead atoms. The van der Waals surface area contributed by atoms with Gasteiger partial charge in [-0.3, -0.25) is 0 Å². The van der Waals surface area contributed by atoms with Gasteiger partial charge in [-0.05, 0) is 55.3 Å². The van der Waals surface area contributed by atoms with Crippen LogP contribution in [0.25, 0.3) is 0 Å². The first-order valence-corrected chi connectivity index (χ1v) is 10.9. The minimum atomic E-state index is -3.58. The van der Waals surface area contributed by atoms with Gasteiger partial charge < -0.3 is 14.4 Å². The number of sulfonamides is 1. The lowest BCUT2D eigenvalue weighted by Crippen LogP contribution is -2.48. The molecule has 1 aliphatic rings. The molecular formula is C21H26N2O5S. The first-order chi connectivity index (χ1) is 13.8. The summed E-state index contributed by atoms with van der Waals surface area (Å²) in [5.74, 6) is -0.0856. The second kappa shape index (κ2) is 8.84. The molecule has 1 fully saturated rings. The molecule has 0 aliphatic carbocycles. The fourth-order valence-electron chi connectivity index (χ4n) is 3.31. The lowest BCUT2D eigenvalue weighted by atomic mass is 10.1. The van der Waals surface area contributed by atoms with Gasteiger partial charge in [-0.15, -0.1) is 0 Å². The lowest BCUT2D eigenvalue weighted by molar-refractivity contribution is -0.142. The quantitative estimate of drug-likeness (QED) is 0.671. The van der Waals surface area contributed by atoms with Crippen molar-refractivity contribution >= 4 is 21.7 Å². The number of carbonyl (C=O) groups excluding carboxylic acids is 1. The van der Waals surface area contributed by atoms with E-state index in [1.165, 1.54) is 34.7 Å². The number of benzene rings is 2. The molecule has 0 spiro atoms. The standard InChI is InChI=1S/C21H26N2O5S/c1-16-5-4-6-20(17(16)2)22-11-13-23(14-12-22)29(25,26)19-9-7-18(8-10-19)28-15-21(24)27-3/h4-10H,11-15H2,1-3H3. The normalized spacial score (nSPS) is 15.2. The number of anilines is 1. The second-order valence-corrected chi connectivity index (χ2v) is 8.88. The number of hydrogen-bond acceptors (Lipinski definition) is 6. The molecule has 1 saturated heterocycles. The summed E-state index contributed by atoms with van der Waals surface area (Å²) in [6.07, 6.45) is 0. The fourth-order valence-corrected chi connectivity index (χ4v) is 4.73. The van der Waals surface area contributed by atoms with Crippen molar-refractivity contribution in [1.82, 2.24) is 4.31 Å². The van der Waals surface area contributed by atoms with Crippen LogP contribution in [0.2, 0.25) is 0 Å². The number of esters is 1. The highest BCUT2D eigenvalue weighted by Crippen LogP contribution is 2.26. The van der Waals surface area contributed by atoms with Gasteiger partial charge in [0.1, 0.15) is 5.75 Å². The van der Waals surface area contributed by atoms with Crippen molar-refractivity contribution in [2.75, 3.05) is 44.8 Å². The Bertz CT molecular complexity index is 965. The van der Waals surface area contributed by atoms with Crippen LogP contribution in [0.4, 0.5) is 5.69 Å². The van der Waals surface area contributed by atoms with Crippen LogP contribution in [0, 0.1) is 13.8 Å². The third-order valence-corrected chi connectivity index (χ3v) is 7.11. The van der Waals surface area contributed by atoms with E-state index >= 15 is 0 Å². The maximum atomic E-state index is 13.0. The van der Waals surface area contributed by atoms with Crippen LogP contribution in [0.5, 0.6) is 5.75 Å². The predicted octanol–water partition coefficient (Wildman–Crippen LogP) is 2.37. The van der Waals surface area contributed by atoms with Crippen molar-refractivity contribution in [3.05, 3.63) is 53.6 Å². The van der Waals surface area contributed by atoms with E-state index in [0.717, 1.165) is 5.69 Å². The van der Waals surface area contributed by atoms with E-state index in [-0.39, 0.29) is 11.5 Å². The molecule has 1 aliphatic heterocycles. The van der Waals surface area contributed by atoms with E-state index in [1.54, 1.807) is 12.1 Å². The molecular weight excluding hydrogens is 392 g/mol. The van der Waals surface area contributed by atoms with Crippen LogP contribution in [0.3, 0.4) is 0 Å². The monoisotopic (exact) mass is 418 g/mol. The molecule has 29 heavy (non-hydrogen) atoms. The number of ether oxygens (including phenoxy) is 2. The maximum Gasteiger partial charge on any atom is 0.343 e. The smallest absolute Gasteiger partial charge is 0.343 e. The molecule has 0 radical (unpaired) electrons. The SMILES string of the molecule is COC(=O)COc1ccc(S(=O)(=O)N2CCN(c3cccc(C)c3C)CC2)cc1. The molecule has 156 valence electrons. The zero-order valence-corrected chi connectivity index (χ0v) is 17.7. The Balaban J connectivity index is 1.65. The molecule has 7 nitrogen and oxygen atoms in total. The summed E-state index contributed by atoms with van der Waals surface area (Å²) >= 11 is 0. The third kappa shape index (κ3) is 4.71. The third-order valence-electron chi connectivity index (χ3n) is 5.20. The molecule has 3 rings (SSSR count). The van der Waals surface area contributed by atoms with Crippen molar-refractivity contribution in [2.24, 2.45) is 0 Å². The van der Waals surface area contributed by atoms with Gasteiger partial charge in [-0.2, -0.15) is 4.31 Å². The second-order valence-electron chi connectivity index (χ2n) is 6.95. The Morgan fingerprint density at radius 2 is 1.66 bits per heavy atom. The van der Waals surface area contributed by atoms with E-state index in [2.05, 4.69) is 35.6 Å². The molecule has 0 atom stereocenters. The molecule has 0 amide bonds. The molecule has 2 aromatic rings. The Morgan fingerprint density at radius 3 is 2.28 bits per heavy atom. The molecule has 8 heteroatoms. The van der Waals surface area contributed by atoms with Gasteiger partial charge in [-0.25, -0.2) is 13.2 Å². The van der Waals surface area contributed by atoms with Gasteiger partial charge in [0.25, 0.3) is 0 Å². The number of nitrogens with zero attached hydrogens (tertiary/aromatic N) is 2. The molecule has 2 aromatic carbocycles. The number of hydrogen-bond donors (Lipinski definition) is 0. The molecule has 1 heterocycles. The first-order valence-electron chi connectivity index (χ1n) is 9.44. The molecule has 0 aromatic heterocycles. The summed E-state index contributed by atoms with van der Waals surface area (Å²) in [4.78, 5) is 13.6. The van der Waals surface area contributed by atoms with Crippen LogP contribution in [-0.2, 0) is 19.6 Å². The topological polar surface area (TPSA) is 76.1 Å². The Kier molecular flexibility index (Phi) is 6.44. The number of rotatable bonds is 6. The average molecular weight is 419 g/mol. The highest BCUT2D eigenvalue weighted by molar-refractivity contribution is 7.89. The van der Waals surface area contributed by atoms with E-state index in [4.69, 9.17) is 4.74 Å². The van der Waals surface area contributed by atoms with Gasteiger partial charge in [0, 0.05) is 31.9 Å². The fraction of sp³-hybridized carbons (Fsp3) is 0.381. The summed E-state index contributed by atoms with van der Waals surface area (Å²) < 4.78 is 37.2. The van der Waals surface area contributed by atoms with Gasteiger partial charge in [0.05, 0.1) is 12.0 Å². The van der Waals surface area contributed by atoms with Crippen LogP contribution in [-0.4, -0.2) is 58.6 Å². The average Bonchev–Trinajstić information content (AvgIpc) is 2.74. The molecule has 0 saturated carbocycles. The number of piperazine rings is 1. The van der Waals surface area contributed by atoms with Crippen LogP contribution in [0.15, 0.2) is 47.4 Å². The van der Waals surface area contributed by atoms with Gasteiger partial charge in [0.15, 0.2) is 6.61 Å². The minimum absolute atomic E-state index is 0.211. The summed E-state index contributed by atoms with van der Waals surface area (Å²) in [6.45, 7) is 6.10. The van der Waals surface area contributed by atoms with Crippen LogP contribution >= 0.6 is 0 Å². The summed E-state index contributed by atoms with van der Waals surface area (Å²) in [5, 5.41) is 0. The van der Waals surface area contributed by atoms with Crippen LogP contribution < -0.4 is 9.64 Å². The highest BCUT2D eigenvalue weighted by Gasteiger charge is 2.29. The largest absolute Gasteiger partial charge is 0.482 e. The van der Waals surface area contributed by atoms with Crippen molar-refractivity contribution in [3.8, 4) is 5.75 Å². The number of carbonyl (C=O) groups is 1. The zero-order chi connectivity index (χ0) is 21.0. The van der Waals surface area contributed by atoms with E-state index in [0.29, 0.717) is 31.9 Å². The first kappa shape index (κ1) is 21.1. The van der Waals surface area contributed by atoms with Crippen molar-refractivity contribution < 1.29 is 22.7 Å². The van der Waals surface area contributed by atoms with Gasteiger partial charge >= 0.3 is 5.97 Å². The summed E-state index contributed by atoms with van der Waals surface area (Å²) in [5.41, 5.74) is 3.62. The maximum absolute atomic E-state index is 13.0. The molecule has 0 N–H and O–H groups in total. The predicted molar refractivity (Wildman–Crippen MR) is 111 cm³/mol. The Hall–Kier alpha value is -2.58. The zero-order valence-electron chi connectivity index (χ0n) is 16.9. The van der Waals surface area contributed by atoms with Gasteiger partial charge in [0.2, 0.25) is 10.0 Å².